The molecular formula is C16H27N3. The summed E-state index contributed by atoms with van der Waals surface area (Å²) in [4.78, 5) is 7.11. The van der Waals surface area contributed by atoms with Crippen LogP contribution in [-0.4, -0.2) is 24.1 Å². The number of rotatable bonds is 8. The molecule has 3 nitrogen and oxygen atoms in total. The van der Waals surface area contributed by atoms with Crippen LogP contribution in [0.4, 0.5) is 5.82 Å². The van der Waals surface area contributed by atoms with Crippen molar-refractivity contribution < 1.29 is 0 Å². The lowest BCUT2D eigenvalue weighted by Crippen LogP contribution is -2.27. The minimum absolute atomic E-state index is 0.761. The first kappa shape index (κ1) is 14.3. The molecule has 106 valence electrons. The molecule has 1 saturated carbocycles. The van der Waals surface area contributed by atoms with E-state index in [4.69, 9.17) is 4.98 Å². The van der Waals surface area contributed by atoms with Crippen molar-refractivity contribution in [3.63, 3.8) is 0 Å². The molecule has 0 atom stereocenters. The van der Waals surface area contributed by atoms with Crippen LogP contribution >= 0.6 is 0 Å². The summed E-state index contributed by atoms with van der Waals surface area (Å²) in [6, 6.07) is 3.05. The normalized spacial score (nSPS) is 14.7. The van der Waals surface area contributed by atoms with Gasteiger partial charge in [0.15, 0.2) is 0 Å². The van der Waals surface area contributed by atoms with Gasteiger partial charge in [-0.15, -0.1) is 0 Å². The monoisotopic (exact) mass is 261 g/mol. The minimum atomic E-state index is 0.761. The lowest BCUT2D eigenvalue weighted by molar-refractivity contribution is 0.683. The van der Waals surface area contributed by atoms with Crippen molar-refractivity contribution in [2.24, 2.45) is 0 Å². The molecule has 0 amide bonds. The van der Waals surface area contributed by atoms with Gasteiger partial charge in [0, 0.05) is 31.9 Å². The van der Waals surface area contributed by atoms with Crippen LogP contribution in [0.3, 0.4) is 0 Å². The summed E-state index contributed by atoms with van der Waals surface area (Å²) >= 11 is 0. The molecular weight excluding hydrogens is 234 g/mol. The van der Waals surface area contributed by atoms with Crippen LogP contribution in [0, 0.1) is 6.92 Å². The predicted octanol–water partition coefficient (Wildman–Crippen LogP) is 3.27. The van der Waals surface area contributed by atoms with E-state index >= 15 is 0 Å². The fourth-order valence-electron chi connectivity index (χ4n) is 2.47. The van der Waals surface area contributed by atoms with Crippen molar-refractivity contribution in [1.29, 1.82) is 0 Å². The van der Waals surface area contributed by atoms with Crippen LogP contribution in [0.25, 0.3) is 0 Å². The van der Waals surface area contributed by atoms with Crippen molar-refractivity contribution in [2.45, 2.75) is 59.0 Å². The number of pyridine rings is 1. The second-order valence-corrected chi connectivity index (χ2v) is 5.63. The third kappa shape index (κ3) is 4.20. The Bertz CT molecular complexity index is 393. The molecule has 2 rings (SSSR count). The fraction of sp³-hybridized carbons (Fsp3) is 0.688. The highest BCUT2D eigenvalue weighted by Crippen LogP contribution is 2.21. The third-order valence-corrected chi connectivity index (χ3v) is 3.57. The Kier molecular flexibility index (Phi) is 5.20. The van der Waals surface area contributed by atoms with Crippen LogP contribution in [0.1, 0.15) is 50.7 Å². The van der Waals surface area contributed by atoms with E-state index in [0.717, 1.165) is 25.7 Å². The first-order valence-electron chi connectivity index (χ1n) is 7.68. The Hall–Kier alpha value is -1.09. The maximum absolute atomic E-state index is 4.70. The van der Waals surface area contributed by atoms with Crippen molar-refractivity contribution >= 4 is 5.82 Å². The van der Waals surface area contributed by atoms with E-state index in [-0.39, 0.29) is 0 Å². The van der Waals surface area contributed by atoms with E-state index in [1.807, 2.05) is 6.20 Å². The maximum atomic E-state index is 4.70. The summed E-state index contributed by atoms with van der Waals surface area (Å²) in [6.07, 6.45) is 7.06. The molecule has 0 aromatic carbocycles. The van der Waals surface area contributed by atoms with Crippen molar-refractivity contribution in [1.82, 2.24) is 10.3 Å². The summed E-state index contributed by atoms with van der Waals surface area (Å²) in [7, 11) is 0. The second-order valence-electron chi connectivity index (χ2n) is 5.63. The molecule has 1 heterocycles. The highest BCUT2D eigenvalue weighted by Gasteiger charge is 2.20. The van der Waals surface area contributed by atoms with Gasteiger partial charge < -0.3 is 10.2 Å². The molecule has 1 N–H and O–H groups in total. The first-order valence-corrected chi connectivity index (χ1v) is 7.68. The average molecular weight is 261 g/mol. The molecule has 1 aromatic heterocycles. The van der Waals surface area contributed by atoms with Crippen LogP contribution in [-0.2, 0) is 6.54 Å². The van der Waals surface area contributed by atoms with Crippen molar-refractivity contribution in [2.75, 3.05) is 18.0 Å². The van der Waals surface area contributed by atoms with Gasteiger partial charge >= 0.3 is 0 Å². The zero-order valence-electron chi connectivity index (χ0n) is 12.6. The summed E-state index contributed by atoms with van der Waals surface area (Å²) in [5.74, 6) is 1.17. The van der Waals surface area contributed by atoms with E-state index in [0.29, 0.717) is 0 Å². The zero-order valence-corrected chi connectivity index (χ0v) is 12.6. The van der Waals surface area contributed by atoms with Crippen molar-refractivity contribution in [3.8, 4) is 0 Å². The molecule has 0 spiro atoms. The van der Waals surface area contributed by atoms with Gasteiger partial charge in [-0.2, -0.15) is 0 Å². The van der Waals surface area contributed by atoms with E-state index in [9.17, 15) is 0 Å². The standard InChI is InChI=1S/C16H27N3/c1-4-8-19(9-5-2)16-13(3)10-14(12-18-16)11-17-15-6-7-15/h10,12,15,17H,4-9,11H2,1-3H3. The highest BCUT2D eigenvalue weighted by atomic mass is 15.2. The number of nitrogens with zero attached hydrogens (tertiary/aromatic N) is 2. The van der Waals surface area contributed by atoms with Crippen LogP contribution in [0.5, 0.6) is 0 Å². The molecule has 1 aromatic rings. The topological polar surface area (TPSA) is 28.2 Å². The van der Waals surface area contributed by atoms with E-state index in [1.165, 1.54) is 42.6 Å². The zero-order chi connectivity index (χ0) is 13.7. The fourth-order valence-corrected chi connectivity index (χ4v) is 2.47. The Labute approximate surface area is 117 Å². The van der Waals surface area contributed by atoms with Gasteiger partial charge in [-0.3, -0.25) is 0 Å². The first-order chi connectivity index (χ1) is 9.24. The van der Waals surface area contributed by atoms with Crippen LogP contribution in [0.15, 0.2) is 12.3 Å². The number of anilines is 1. The molecule has 0 unspecified atom stereocenters. The van der Waals surface area contributed by atoms with Gasteiger partial charge in [-0.1, -0.05) is 13.8 Å². The average Bonchev–Trinajstić information content (AvgIpc) is 3.20. The van der Waals surface area contributed by atoms with Crippen LogP contribution < -0.4 is 10.2 Å². The van der Waals surface area contributed by atoms with Gasteiger partial charge in [0.1, 0.15) is 5.82 Å². The Morgan fingerprint density at radius 1 is 1.26 bits per heavy atom. The third-order valence-electron chi connectivity index (χ3n) is 3.57. The largest absolute Gasteiger partial charge is 0.356 e. The molecule has 1 aliphatic rings. The van der Waals surface area contributed by atoms with E-state index in [2.05, 4.69) is 37.1 Å². The van der Waals surface area contributed by atoms with Gasteiger partial charge in [0.25, 0.3) is 0 Å². The smallest absolute Gasteiger partial charge is 0.131 e. The van der Waals surface area contributed by atoms with E-state index in [1.54, 1.807) is 0 Å². The summed E-state index contributed by atoms with van der Waals surface area (Å²) in [6.45, 7) is 9.79. The van der Waals surface area contributed by atoms with E-state index < -0.39 is 0 Å². The second kappa shape index (κ2) is 6.90. The lowest BCUT2D eigenvalue weighted by Gasteiger charge is -2.24. The maximum Gasteiger partial charge on any atom is 0.131 e. The number of hydrogen-bond donors (Lipinski definition) is 1. The number of nitrogens with one attached hydrogen (secondary N) is 1. The Morgan fingerprint density at radius 2 is 1.95 bits per heavy atom. The minimum Gasteiger partial charge on any atom is -0.356 e. The van der Waals surface area contributed by atoms with Gasteiger partial charge in [0.05, 0.1) is 0 Å². The number of aromatic nitrogens is 1. The molecule has 0 aliphatic heterocycles. The molecule has 1 aliphatic carbocycles. The molecule has 0 radical (unpaired) electrons. The Balaban J connectivity index is 2.02. The van der Waals surface area contributed by atoms with Gasteiger partial charge in [-0.05, 0) is 49.8 Å². The van der Waals surface area contributed by atoms with Crippen LogP contribution in [0.2, 0.25) is 0 Å². The van der Waals surface area contributed by atoms with Gasteiger partial charge in [-0.25, -0.2) is 4.98 Å². The Morgan fingerprint density at radius 3 is 2.47 bits per heavy atom. The van der Waals surface area contributed by atoms with Gasteiger partial charge in [0.2, 0.25) is 0 Å². The van der Waals surface area contributed by atoms with Crippen molar-refractivity contribution in [3.05, 3.63) is 23.4 Å². The number of hydrogen-bond acceptors (Lipinski definition) is 3. The number of aryl methyl sites for hydroxylation is 1. The molecule has 19 heavy (non-hydrogen) atoms. The molecule has 3 heteroatoms. The summed E-state index contributed by atoms with van der Waals surface area (Å²) in [5.41, 5.74) is 2.61. The SMILES string of the molecule is CCCN(CCC)c1ncc(CNC2CC2)cc1C. The molecule has 0 saturated heterocycles. The summed E-state index contributed by atoms with van der Waals surface area (Å²) in [5, 5.41) is 3.55. The lowest BCUT2D eigenvalue weighted by atomic mass is 10.2. The molecule has 0 bridgehead atoms. The highest BCUT2D eigenvalue weighted by molar-refractivity contribution is 5.47. The molecule has 1 fully saturated rings. The predicted molar refractivity (Wildman–Crippen MR) is 81.6 cm³/mol. The quantitative estimate of drug-likeness (QED) is 0.778. The summed E-state index contributed by atoms with van der Waals surface area (Å²) < 4.78 is 0.